The van der Waals surface area contributed by atoms with Crippen LogP contribution in [0.5, 0.6) is 0 Å². The zero-order valence-corrected chi connectivity index (χ0v) is 7.38. The molecular weight excluding hydrogens is 198 g/mol. The highest BCUT2D eigenvalue weighted by molar-refractivity contribution is 5.95. The van der Waals surface area contributed by atoms with Crippen molar-refractivity contribution in [3.8, 4) is 6.07 Å². The highest BCUT2D eigenvalue weighted by Gasteiger charge is 2.15. The van der Waals surface area contributed by atoms with E-state index in [0.29, 0.717) is 0 Å². The molecule has 2 rings (SSSR count). The predicted molar refractivity (Wildman–Crippen MR) is 48.4 cm³/mol. The zero-order chi connectivity index (χ0) is 11.0. The summed E-state index contributed by atoms with van der Waals surface area (Å²) in [6.45, 7) is 0. The van der Waals surface area contributed by atoms with Gasteiger partial charge in [-0.15, -0.1) is 10.2 Å². The van der Waals surface area contributed by atoms with Crippen molar-refractivity contribution in [1.29, 1.82) is 5.26 Å². The molecule has 1 amide bonds. The molecule has 0 aromatic carbocycles. The lowest BCUT2D eigenvalue weighted by Crippen LogP contribution is -2.19. The Hall–Kier alpha value is -2.69. The third kappa shape index (κ3) is 1.14. The van der Waals surface area contributed by atoms with Gasteiger partial charge in [-0.1, -0.05) is 0 Å². The molecule has 15 heavy (non-hydrogen) atoms. The van der Waals surface area contributed by atoms with E-state index in [1.807, 2.05) is 6.07 Å². The monoisotopic (exact) mass is 203 g/mol. The number of nitrogens with zero attached hydrogens (tertiary/aromatic N) is 5. The lowest BCUT2D eigenvalue weighted by Gasteiger charge is -2.00. The molecule has 0 saturated carbocycles. The van der Waals surface area contributed by atoms with Gasteiger partial charge in [-0.3, -0.25) is 4.79 Å². The third-order valence-corrected chi connectivity index (χ3v) is 1.81. The van der Waals surface area contributed by atoms with Gasteiger partial charge in [0.15, 0.2) is 17.2 Å². The van der Waals surface area contributed by atoms with Gasteiger partial charge < -0.3 is 11.5 Å². The van der Waals surface area contributed by atoms with Gasteiger partial charge >= 0.3 is 0 Å². The van der Waals surface area contributed by atoms with E-state index in [1.165, 1.54) is 6.20 Å². The standard InChI is InChI=1S/C7H5N7O/c8-1-3-2-11-14-5(9)4(6(10)15)12-13-7(3)14/h2H,9H2,(H2,10,15). The van der Waals surface area contributed by atoms with Crippen LogP contribution in [0.4, 0.5) is 5.82 Å². The summed E-state index contributed by atoms with van der Waals surface area (Å²) in [6.07, 6.45) is 1.28. The van der Waals surface area contributed by atoms with Crippen LogP contribution in [0.25, 0.3) is 5.65 Å². The van der Waals surface area contributed by atoms with Gasteiger partial charge in [0.25, 0.3) is 5.91 Å². The van der Waals surface area contributed by atoms with E-state index in [9.17, 15) is 4.79 Å². The van der Waals surface area contributed by atoms with Gasteiger partial charge in [-0.2, -0.15) is 14.9 Å². The van der Waals surface area contributed by atoms with Crippen molar-refractivity contribution >= 4 is 17.4 Å². The maximum absolute atomic E-state index is 10.9. The highest BCUT2D eigenvalue weighted by atomic mass is 16.1. The van der Waals surface area contributed by atoms with Crippen molar-refractivity contribution in [1.82, 2.24) is 19.8 Å². The fourth-order valence-corrected chi connectivity index (χ4v) is 1.12. The minimum atomic E-state index is -0.795. The number of nitrogens with two attached hydrogens (primary N) is 2. The minimum absolute atomic E-state index is 0.0333. The second kappa shape index (κ2) is 2.91. The number of rotatable bonds is 1. The summed E-state index contributed by atoms with van der Waals surface area (Å²) in [7, 11) is 0. The predicted octanol–water partition coefficient (Wildman–Crippen LogP) is -1.32. The van der Waals surface area contributed by atoms with Gasteiger partial charge in [0.1, 0.15) is 11.6 Å². The van der Waals surface area contributed by atoms with E-state index < -0.39 is 5.91 Å². The largest absolute Gasteiger partial charge is 0.382 e. The number of carbonyl (C=O) groups excluding carboxylic acids is 1. The molecule has 2 aromatic heterocycles. The molecule has 2 heterocycles. The van der Waals surface area contributed by atoms with Gasteiger partial charge in [-0.05, 0) is 0 Å². The number of nitrogen functional groups attached to an aromatic ring is 1. The normalized spacial score (nSPS) is 10.1. The average Bonchev–Trinajstić information content (AvgIpc) is 2.61. The average molecular weight is 203 g/mol. The Balaban J connectivity index is 2.82. The summed E-state index contributed by atoms with van der Waals surface area (Å²) in [5.41, 5.74) is 10.8. The van der Waals surface area contributed by atoms with Crippen molar-refractivity contribution in [2.75, 3.05) is 5.73 Å². The van der Waals surface area contributed by atoms with Gasteiger partial charge in [0, 0.05) is 0 Å². The topological polar surface area (TPSA) is 136 Å². The number of aromatic nitrogens is 4. The molecule has 0 radical (unpaired) electrons. The molecule has 74 valence electrons. The summed E-state index contributed by atoms with van der Waals surface area (Å²) in [5.74, 6) is -0.829. The molecule has 0 unspecified atom stereocenters. The number of hydrogen-bond acceptors (Lipinski definition) is 6. The van der Waals surface area contributed by atoms with Crippen LogP contribution in [-0.4, -0.2) is 25.7 Å². The van der Waals surface area contributed by atoms with Crippen molar-refractivity contribution in [2.24, 2.45) is 5.73 Å². The SMILES string of the molecule is N#Cc1cnn2c(N)c(C(N)=O)nnc12. The number of carbonyl (C=O) groups is 1. The maximum atomic E-state index is 10.9. The molecule has 0 aliphatic carbocycles. The molecule has 4 N–H and O–H groups in total. The molecule has 0 aliphatic heterocycles. The molecule has 8 heteroatoms. The first-order chi connectivity index (χ1) is 7.15. The molecule has 8 nitrogen and oxygen atoms in total. The summed E-state index contributed by atoms with van der Waals surface area (Å²) < 4.78 is 1.14. The molecule has 0 atom stereocenters. The van der Waals surface area contributed by atoms with Crippen molar-refractivity contribution < 1.29 is 4.79 Å². The molecule has 2 aromatic rings. The number of primary amides is 1. The van der Waals surface area contributed by atoms with Crippen LogP contribution in [0.2, 0.25) is 0 Å². The minimum Gasteiger partial charge on any atom is -0.382 e. The summed E-state index contributed by atoms with van der Waals surface area (Å²) in [5, 5.41) is 19.6. The summed E-state index contributed by atoms with van der Waals surface area (Å²) in [4.78, 5) is 10.9. The molecular formula is C7H5N7O. The van der Waals surface area contributed by atoms with Gasteiger partial charge in [0.2, 0.25) is 0 Å². The van der Waals surface area contributed by atoms with Crippen LogP contribution < -0.4 is 11.5 Å². The van der Waals surface area contributed by atoms with E-state index in [4.69, 9.17) is 16.7 Å². The molecule has 0 spiro atoms. The Bertz CT molecular complexity index is 593. The second-order valence-corrected chi connectivity index (χ2v) is 2.70. The summed E-state index contributed by atoms with van der Waals surface area (Å²) >= 11 is 0. The maximum Gasteiger partial charge on any atom is 0.273 e. The fraction of sp³-hybridized carbons (Fsp3) is 0. The quantitative estimate of drug-likeness (QED) is 0.589. The van der Waals surface area contributed by atoms with Gasteiger partial charge in [0.05, 0.1) is 6.20 Å². The Labute approximate surface area is 83.1 Å². The van der Waals surface area contributed by atoms with Crippen LogP contribution in [0, 0.1) is 11.3 Å². The number of hydrogen-bond donors (Lipinski definition) is 2. The van der Waals surface area contributed by atoms with E-state index >= 15 is 0 Å². The Morgan fingerprint density at radius 1 is 1.53 bits per heavy atom. The lowest BCUT2D eigenvalue weighted by molar-refractivity contribution is 0.0995. The van der Waals surface area contributed by atoms with E-state index in [1.54, 1.807) is 0 Å². The van der Waals surface area contributed by atoms with E-state index in [2.05, 4.69) is 15.3 Å². The smallest absolute Gasteiger partial charge is 0.273 e. The first-order valence-electron chi connectivity index (χ1n) is 3.85. The third-order valence-electron chi connectivity index (χ3n) is 1.81. The van der Waals surface area contributed by atoms with Crippen molar-refractivity contribution in [3.63, 3.8) is 0 Å². The van der Waals surface area contributed by atoms with E-state index in [0.717, 1.165) is 4.52 Å². The number of anilines is 1. The zero-order valence-electron chi connectivity index (χ0n) is 7.38. The van der Waals surface area contributed by atoms with Crippen LogP contribution in [0.15, 0.2) is 6.20 Å². The van der Waals surface area contributed by atoms with Gasteiger partial charge in [-0.25, -0.2) is 0 Å². The Morgan fingerprint density at radius 3 is 2.87 bits per heavy atom. The summed E-state index contributed by atoms with van der Waals surface area (Å²) in [6, 6.07) is 1.87. The van der Waals surface area contributed by atoms with Crippen LogP contribution in [-0.2, 0) is 0 Å². The number of nitriles is 1. The molecule has 0 aliphatic rings. The van der Waals surface area contributed by atoms with Crippen molar-refractivity contribution in [3.05, 3.63) is 17.5 Å². The molecule has 0 bridgehead atoms. The Morgan fingerprint density at radius 2 is 2.27 bits per heavy atom. The Kier molecular flexibility index (Phi) is 1.73. The van der Waals surface area contributed by atoms with Crippen LogP contribution in [0.1, 0.15) is 16.1 Å². The van der Waals surface area contributed by atoms with E-state index in [-0.39, 0.29) is 22.7 Å². The first kappa shape index (κ1) is 8.89. The number of amides is 1. The lowest BCUT2D eigenvalue weighted by atomic mass is 10.3. The highest BCUT2D eigenvalue weighted by Crippen LogP contribution is 2.12. The molecule has 0 saturated heterocycles. The van der Waals surface area contributed by atoms with Crippen molar-refractivity contribution in [2.45, 2.75) is 0 Å². The van der Waals surface area contributed by atoms with Crippen LogP contribution in [0.3, 0.4) is 0 Å². The number of fused-ring (bicyclic) bond motifs is 1. The second-order valence-electron chi connectivity index (χ2n) is 2.70. The van der Waals surface area contributed by atoms with Crippen LogP contribution >= 0.6 is 0 Å². The molecule has 0 fully saturated rings. The fourth-order valence-electron chi connectivity index (χ4n) is 1.12. The first-order valence-corrected chi connectivity index (χ1v) is 3.85.